The SMILES string of the molecule is C=CCN1C(=O)/C(=C/c2ccc(OCC(=O)Nc3ccc(Br)cc3)c(OC)c2)SC1=S. The molecule has 2 aromatic rings. The molecular formula is C22H19BrN2O4S2. The molecular weight excluding hydrogens is 500 g/mol. The second-order valence-corrected chi connectivity index (χ2v) is 8.93. The number of nitrogens with zero attached hydrogens (tertiary/aromatic N) is 1. The third-order valence-electron chi connectivity index (χ3n) is 4.16. The van der Waals surface area contributed by atoms with Crippen LogP contribution in [0.3, 0.4) is 0 Å². The van der Waals surface area contributed by atoms with Crippen molar-refractivity contribution in [1.29, 1.82) is 0 Å². The summed E-state index contributed by atoms with van der Waals surface area (Å²) in [5.74, 6) is 0.426. The minimum absolute atomic E-state index is 0.154. The largest absolute Gasteiger partial charge is 0.493 e. The minimum atomic E-state index is -0.292. The summed E-state index contributed by atoms with van der Waals surface area (Å²) in [5.41, 5.74) is 1.43. The average Bonchev–Trinajstić information content (AvgIpc) is 3.02. The Bertz CT molecular complexity index is 1050. The first-order chi connectivity index (χ1) is 14.9. The minimum Gasteiger partial charge on any atom is -0.493 e. The van der Waals surface area contributed by atoms with E-state index < -0.39 is 0 Å². The van der Waals surface area contributed by atoms with Gasteiger partial charge in [-0.05, 0) is 48.0 Å². The molecule has 1 aliphatic rings. The van der Waals surface area contributed by atoms with Gasteiger partial charge in [-0.2, -0.15) is 0 Å². The van der Waals surface area contributed by atoms with E-state index in [1.165, 1.54) is 23.8 Å². The number of rotatable bonds is 8. The standard InChI is InChI=1S/C22H19BrN2O4S2/c1-3-10-25-21(27)19(31-22(25)30)12-14-4-9-17(18(11-14)28-2)29-13-20(26)24-16-7-5-15(23)6-8-16/h3-9,11-12H,1,10,13H2,2H3,(H,24,26)/b19-12-. The second kappa shape index (κ2) is 10.6. The fourth-order valence-corrected chi connectivity index (χ4v) is 4.24. The maximum absolute atomic E-state index is 12.5. The zero-order valence-electron chi connectivity index (χ0n) is 16.6. The highest BCUT2D eigenvalue weighted by atomic mass is 79.9. The molecule has 1 heterocycles. The van der Waals surface area contributed by atoms with E-state index in [-0.39, 0.29) is 18.4 Å². The molecule has 2 aromatic carbocycles. The smallest absolute Gasteiger partial charge is 0.266 e. The number of carbonyl (C=O) groups is 2. The lowest BCUT2D eigenvalue weighted by Gasteiger charge is -2.12. The molecule has 31 heavy (non-hydrogen) atoms. The highest BCUT2D eigenvalue weighted by Crippen LogP contribution is 2.34. The van der Waals surface area contributed by atoms with Crippen molar-refractivity contribution in [3.8, 4) is 11.5 Å². The highest BCUT2D eigenvalue weighted by Gasteiger charge is 2.31. The molecule has 0 aliphatic carbocycles. The monoisotopic (exact) mass is 518 g/mol. The van der Waals surface area contributed by atoms with Crippen molar-refractivity contribution in [2.24, 2.45) is 0 Å². The summed E-state index contributed by atoms with van der Waals surface area (Å²) in [6, 6.07) is 12.5. The number of hydrogen-bond donors (Lipinski definition) is 1. The quantitative estimate of drug-likeness (QED) is 0.305. The molecule has 0 spiro atoms. The number of carbonyl (C=O) groups excluding carboxylic acids is 2. The number of halogens is 1. The molecule has 0 unspecified atom stereocenters. The number of amides is 2. The Labute approximate surface area is 198 Å². The van der Waals surface area contributed by atoms with Gasteiger partial charge in [0.1, 0.15) is 4.32 Å². The molecule has 9 heteroatoms. The fourth-order valence-electron chi connectivity index (χ4n) is 2.70. The molecule has 0 saturated carbocycles. The van der Waals surface area contributed by atoms with Crippen LogP contribution in [0.1, 0.15) is 5.56 Å². The third-order valence-corrected chi connectivity index (χ3v) is 6.06. The van der Waals surface area contributed by atoms with Crippen LogP contribution in [0.5, 0.6) is 11.5 Å². The Morgan fingerprint density at radius 2 is 2.00 bits per heavy atom. The van der Waals surface area contributed by atoms with Crippen LogP contribution in [-0.4, -0.2) is 41.3 Å². The van der Waals surface area contributed by atoms with Crippen LogP contribution in [0, 0.1) is 0 Å². The first-order valence-electron chi connectivity index (χ1n) is 9.14. The molecule has 0 aromatic heterocycles. The Kier molecular flexibility index (Phi) is 7.89. The van der Waals surface area contributed by atoms with E-state index in [1.54, 1.807) is 42.5 Å². The zero-order valence-corrected chi connectivity index (χ0v) is 19.8. The van der Waals surface area contributed by atoms with Gasteiger partial charge in [0.05, 0.1) is 12.0 Å². The van der Waals surface area contributed by atoms with E-state index in [0.29, 0.717) is 33.0 Å². The molecule has 1 N–H and O–H groups in total. The first kappa shape index (κ1) is 23.1. The number of benzene rings is 2. The summed E-state index contributed by atoms with van der Waals surface area (Å²) in [6.07, 6.45) is 3.38. The van der Waals surface area contributed by atoms with E-state index in [1.807, 2.05) is 12.1 Å². The normalized spacial score (nSPS) is 14.6. The third kappa shape index (κ3) is 5.96. The van der Waals surface area contributed by atoms with Gasteiger partial charge in [0.2, 0.25) is 0 Å². The highest BCUT2D eigenvalue weighted by molar-refractivity contribution is 9.10. The maximum atomic E-state index is 12.5. The summed E-state index contributed by atoms with van der Waals surface area (Å²) in [4.78, 5) is 26.7. The van der Waals surface area contributed by atoms with E-state index in [0.717, 1.165) is 10.0 Å². The van der Waals surface area contributed by atoms with E-state index >= 15 is 0 Å². The van der Waals surface area contributed by atoms with Gasteiger partial charge >= 0.3 is 0 Å². The lowest BCUT2D eigenvalue weighted by atomic mass is 10.2. The lowest BCUT2D eigenvalue weighted by Crippen LogP contribution is -2.27. The Morgan fingerprint density at radius 1 is 1.26 bits per heavy atom. The molecule has 0 radical (unpaired) electrons. The number of methoxy groups -OCH3 is 1. The van der Waals surface area contributed by atoms with Crippen LogP contribution in [0.15, 0.2) is 64.5 Å². The van der Waals surface area contributed by atoms with Crippen LogP contribution in [0.2, 0.25) is 0 Å². The van der Waals surface area contributed by atoms with Gasteiger partial charge in [-0.25, -0.2) is 0 Å². The predicted molar refractivity (Wildman–Crippen MR) is 131 cm³/mol. The van der Waals surface area contributed by atoms with E-state index in [4.69, 9.17) is 21.7 Å². The summed E-state index contributed by atoms with van der Waals surface area (Å²) in [7, 11) is 1.51. The van der Waals surface area contributed by atoms with Crippen LogP contribution < -0.4 is 14.8 Å². The topological polar surface area (TPSA) is 67.9 Å². The summed E-state index contributed by atoms with van der Waals surface area (Å²) >= 11 is 9.85. The summed E-state index contributed by atoms with van der Waals surface area (Å²) in [5, 5.41) is 2.76. The van der Waals surface area contributed by atoms with E-state index in [2.05, 4.69) is 27.8 Å². The number of thiocarbonyl (C=S) groups is 1. The maximum Gasteiger partial charge on any atom is 0.266 e. The van der Waals surface area contributed by atoms with Crippen LogP contribution in [0.4, 0.5) is 5.69 Å². The molecule has 2 amide bonds. The summed E-state index contributed by atoms with van der Waals surface area (Å²) < 4.78 is 12.4. The van der Waals surface area contributed by atoms with Gasteiger partial charge in [0.25, 0.3) is 11.8 Å². The molecule has 3 rings (SSSR count). The van der Waals surface area contributed by atoms with Gasteiger partial charge in [-0.1, -0.05) is 52.1 Å². The fraction of sp³-hybridized carbons (Fsp3) is 0.136. The number of thioether (sulfide) groups is 1. The van der Waals surface area contributed by atoms with Crippen molar-refractivity contribution in [2.75, 3.05) is 25.6 Å². The predicted octanol–water partition coefficient (Wildman–Crippen LogP) is 4.86. The number of hydrogen-bond acceptors (Lipinski definition) is 6. The van der Waals surface area contributed by atoms with Gasteiger partial charge in [-0.3, -0.25) is 14.5 Å². The number of ether oxygens (including phenoxy) is 2. The molecule has 0 atom stereocenters. The molecule has 1 fully saturated rings. The van der Waals surface area contributed by atoms with Crippen LogP contribution >= 0.6 is 39.9 Å². The molecule has 0 bridgehead atoms. The van der Waals surface area contributed by atoms with Crippen LogP contribution in [0.25, 0.3) is 6.08 Å². The zero-order chi connectivity index (χ0) is 22.4. The Balaban J connectivity index is 1.66. The second-order valence-electron chi connectivity index (χ2n) is 6.34. The van der Waals surface area contributed by atoms with E-state index in [9.17, 15) is 9.59 Å². The molecule has 1 aliphatic heterocycles. The van der Waals surface area contributed by atoms with Crippen molar-refractivity contribution in [2.45, 2.75) is 0 Å². The van der Waals surface area contributed by atoms with Crippen molar-refractivity contribution < 1.29 is 19.1 Å². The van der Waals surface area contributed by atoms with Crippen LogP contribution in [-0.2, 0) is 9.59 Å². The van der Waals surface area contributed by atoms with Gasteiger partial charge in [0, 0.05) is 16.7 Å². The Morgan fingerprint density at radius 3 is 2.68 bits per heavy atom. The molecule has 6 nitrogen and oxygen atoms in total. The van der Waals surface area contributed by atoms with Crippen molar-refractivity contribution in [3.63, 3.8) is 0 Å². The average molecular weight is 519 g/mol. The number of nitrogens with one attached hydrogen (secondary N) is 1. The van der Waals surface area contributed by atoms with Crippen molar-refractivity contribution in [3.05, 3.63) is 70.1 Å². The first-order valence-corrected chi connectivity index (χ1v) is 11.2. The van der Waals surface area contributed by atoms with Gasteiger partial charge in [0.15, 0.2) is 18.1 Å². The Hall–Kier alpha value is -2.62. The van der Waals surface area contributed by atoms with Crippen molar-refractivity contribution >= 4 is 67.8 Å². The lowest BCUT2D eigenvalue weighted by molar-refractivity contribution is -0.121. The van der Waals surface area contributed by atoms with Crippen molar-refractivity contribution in [1.82, 2.24) is 4.90 Å². The summed E-state index contributed by atoms with van der Waals surface area (Å²) in [6.45, 7) is 3.85. The molecule has 160 valence electrons. The number of anilines is 1. The molecule has 1 saturated heterocycles. The van der Waals surface area contributed by atoms with Gasteiger partial charge in [-0.15, -0.1) is 6.58 Å². The van der Waals surface area contributed by atoms with Gasteiger partial charge < -0.3 is 14.8 Å².